The first-order chi connectivity index (χ1) is 17.6. The Kier molecular flexibility index (Phi) is 7.97. The van der Waals surface area contributed by atoms with Crippen LogP contribution in [0.1, 0.15) is 40.4 Å². The van der Waals surface area contributed by atoms with E-state index in [1.165, 1.54) is 23.5 Å². The van der Waals surface area contributed by atoms with Crippen molar-refractivity contribution in [2.24, 2.45) is 0 Å². The van der Waals surface area contributed by atoms with Crippen LogP contribution in [0, 0.1) is 0 Å². The molecule has 3 amide bonds. The monoisotopic (exact) mass is 485 g/mol. The molecule has 0 fully saturated rings. The summed E-state index contributed by atoms with van der Waals surface area (Å²) < 4.78 is 10.4. The molecule has 0 bridgehead atoms. The lowest BCUT2D eigenvalue weighted by Gasteiger charge is -2.31. The minimum atomic E-state index is -0.985. The Balaban J connectivity index is 1.66. The molecular weight excluding hydrogens is 458 g/mol. The second-order valence-electron chi connectivity index (χ2n) is 8.05. The molecule has 0 aliphatic rings. The fourth-order valence-electron chi connectivity index (χ4n) is 3.80. The molecule has 0 saturated carbocycles. The van der Waals surface area contributed by atoms with Crippen molar-refractivity contribution in [3.05, 3.63) is 114 Å². The van der Waals surface area contributed by atoms with Crippen LogP contribution in [0.25, 0.3) is 0 Å². The maximum absolute atomic E-state index is 13.6. The van der Waals surface area contributed by atoms with Gasteiger partial charge in [0.15, 0.2) is 5.76 Å². The Hall–Kier alpha value is -4.59. The summed E-state index contributed by atoms with van der Waals surface area (Å²) in [5, 5.41) is 5.46. The molecule has 2 aromatic carbocycles. The minimum absolute atomic E-state index is 0.0949. The zero-order chi connectivity index (χ0) is 25.3. The molecule has 8 heteroatoms. The number of carbonyl (C=O) groups excluding carboxylic acids is 3. The number of carbonyl (C=O) groups is 3. The van der Waals surface area contributed by atoms with Crippen molar-refractivity contribution in [3.8, 4) is 0 Å². The predicted molar refractivity (Wildman–Crippen MR) is 134 cm³/mol. The third kappa shape index (κ3) is 5.90. The van der Waals surface area contributed by atoms with E-state index in [0.717, 1.165) is 12.0 Å². The molecule has 0 unspecified atom stereocenters. The van der Waals surface area contributed by atoms with E-state index in [2.05, 4.69) is 10.6 Å². The topological polar surface area (TPSA) is 105 Å². The lowest BCUT2D eigenvalue weighted by Crippen LogP contribution is -2.47. The van der Waals surface area contributed by atoms with E-state index >= 15 is 0 Å². The van der Waals surface area contributed by atoms with Crippen molar-refractivity contribution < 1.29 is 23.2 Å². The van der Waals surface area contributed by atoms with Crippen molar-refractivity contribution in [1.82, 2.24) is 10.6 Å². The largest absolute Gasteiger partial charge is 0.467 e. The summed E-state index contributed by atoms with van der Waals surface area (Å²) in [6, 6.07) is 22.1. The Morgan fingerprint density at radius 2 is 1.56 bits per heavy atom. The summed E-state index contributed by atoms with van der Waals surface area (Å²) in [6.07, 6.45) is 3.75. The molecule has 2 aromatic heterocycles. The summed E-state index contributed by atoms with van der Waals surface area (Å²) in [5.74, 6) is -0.680. The third-order valence-electron chi connectivity index (χ3n) is 5.68. The highest BCUT2D eigenvalue weighted by Gasteiger charge is 2.33. The normalized spacial score (nSPS) is 11.5. The van der Waals surface area contributed by atoms with E-state index in [0.29, 0.717) is 17.0 Å². The minimum Gasteiger partial charge on any atom is -0.467 e. The van der Waals surface area contributed by atoms with Gasteiger partial charge in [0, 0.05) is 5.69 Å². The number of nitrogens with zero attached hydrogens (tertiary/aromatic N) is 1. The van der Waals surface area contributed by atoms with Crippen molar-refractivity contribution in [1.29, 1.82) is 0 Å². The Bertz CT molecular complexity index is 1270. The van der Waals surface area contributed by atoms with Crippen LogP contribution in [-0.4, -0.2) is 24.3 Å². The van der Waals surface area contributed by atoms with E-state index in [1.54, 1.807) is 42.5 Å². The molecule has 1 atom stereocenters. The van der Waals surface area contributed by atoms with Crippen LogP contribution in [0.3, 0.4) is 0 Å². The average molecular weight is 486 g/mol. The van der Waals surface area contributed by atoms with Gasteiger partial charge in [0.1, 0.15) is 11.8 Å². The number of anilines is 1. The molecule has 0 aliphatic carbocycles. The lowest BCUT2D eigenvalue weighted by atomic mass is 10.0. The van der Waals surface area contributed by atoms with Gasteiger partial charge >= 0.3 is 0 Å². The standard InChI is InChI=1S/C28H27N3O5/c1-2-20-12-14-22(15-13-20)31(25(32)19-30-27(33)24-11-7-17-36-24)26(21-8-4-3-5-9-21)28(34)29-18-23-10-6-16-35-23/h3-17,26H,2,18-19H2,1H3,(H,29,34)(H,30,33)/t26-/m1/s1. The van der Waals surface area contributed by atoms with E-state index in [9.17, 15) is 14.4 Å². The number of amides is 3. The van der Waals surface area contributed by atoms with Gasteiger partial charge in [-0.05, 0) is 53.9 Å². The smallest absolute Gasteiger partial charge is 0.287 e. The van der Waals surface area contributed by atoms with Gasteiger partial charge in [0.25, 0.3) is 5.91 Å². The fourth-order valence-corrected chi connectivity index (χ4v) is 3.80. The van der Waals surface area contributed by atoms with Gasteiger partial charge < -0.3 is 19.5 Å². The fraction of sp³-hybridized carbons (Fsp3) is 0.179. The highest BCUT2D eigenvalue weighted by molar-refractivity contribution is 6.04. The zero-order valence-corrected chi connectivity index (χ0v) is 19.8. The number of aryl methyl sites for hydroxylation is 1. The molecule has 36 heavy (non-hydrogen) atoms. The number of rotatable bonds is 10. The number of nitrogens with one attached hydrogen (secondary N) is 2. The molecule has 0 saturated heterocycles. The van der Waals surface area contributed by atoms with E-state index < -0.39 is 17.9 Å². The summed E-state index contributed by atoms with van der Waals surface area (Å²) >= 11 is 0. The van der Waals surface area contributed by atoms with Gasteiger partial charge in [-0.1, -0.05) is 49.4 Å². The molecule has 0 aliphatic heterocycles. The number of benzene rings is 2. The molecule has 0 spiro atoms. The summed E-state index contributed by atoms with van der Waals surface area (Å²) in [6.45, 7) is 1.88. The van der Waals surface area contributed by atoms with E-state index in [4.69, 9.17) is 8.83 Å². The Morgan fingerprint density at radius 3 is 2.19 bits per heavy atom. The molecular formula is C28H27N3O5. The number of hydrogen-bond donors (Lipinski definition) is 2. The SMILES string of the molecule is CCc1ccc(N(C(=O)CNC(=O)c2ccco2)[C@@H](C(=O)NCc2ccco2)c2ccccc2)cc1. The average Bonchev–Trinajstić information content (AvgIpc) is 3.64. The molecule has 2 heterocycles. The van der Waals surface area contributed by atoms with Crippen molar-refractivity contribution in [2.75, 3.05) is 11.4 Å². The first-order valence-corrected chi connectivity index (χ1v) is 11.6. The number of furan rings is 2. The van der Waals surface area contributed by atoms with Gasteiger partial charge in [-0.15, -0.1) is 0 Å². The van der Waals surface area contributed by atoms with E-state index in [1.807, 2.05) is 37.3 Å². The van der Waals surface area contributed by atoms with Crippen LogP contribution in [0.4, 0.5) is 5.69 Å². The molecule has 184 valence electrons. The van der Waals surface area contributed by atoms with Crippen LogP contribution < -0.4 is 15.5 Å². The van der Waals surface area contributed by atoms with Gasteiger partial charge in [-0.25, -0.2) is 0 Å². The van der Waals surface area contributed by atoms with Crippen LogP contribution in [0.5, 0.6) is 0 Å². The van der Waals surface area contributed by atoms with Crippen molar-refractivity contribution >= 4 is 23.4 Å². The second-order valence-corrected chi connectivity index (χ2v) is 8.05. The number of hydrogen-bond acceptors (Lipinski definition) is 5. The molecule has 0 radical (unpaired) electrons. The summed E-state index contributed by atoms with van der Waals surface area (Å²) in [4.78, 5) is 41.0. The quantitative estimate of drug-likeness (QED) is 0.349. The molecule has 4 rings (SSSR count). The maximum atomic E-state index is 13.6. The van der Waals surface area contributed by atoms with Crippen LogP contribution >= 0.6 is 0 Å². The highest BCUT2D eigenvalue weighted by atomic mass is 16.3. The Labute approximate surface area is 208 Å². The maximum Gasteiger partial charge on any atom is 0.287 e. The van der Waals surface area contributed by atoms with E-state index in [-0.39, 0.29) is 24.8 Å². The molecule has 4 aromatic rings. The Morgan fingerprint density at radius 1 is 0.833 bits per heavy atom. The lowest BCUT2D eigenvalue weighted by molar-refractivity contribution is -0.126. The molecule has 2 N–H and O–H groups in total. The molecule has 8 nitrogen and oxygen atoms in total. The first-order valence-electron chi connectivity index (χ1n) is 11.6. The van der Waals surface area contributed by atoms with Crippen molar-refractivity contribution in [2.45, 2.75) is 25.9 Å². The third-order valence-corrected chi connectivity index (χ3v) is 5.68. The van der Waals surface area contributed by atoms with Crippen LogP contribution in [0.2, 0.25) is 0 Å². The van der Waals surface area contributed by atoms with Crippen molar-refractivity contribution in [3.63, 3.8) is 0 Å². The van der Waals surface area contributed by atoms with Gasteiger partial charge in [0.2, 0.25) is 11.8 Å². The zero-order valence-electron chi connectivity index (χ0n) is 19.8. The summed E-state index contributed by atoms with van der Waals surface area (Å²) in [7, 11) is 0. The van der Waals surface area contributed by atoms with Gasteiger partial charge in [-0.3, -0.25) is 19.3 Å². The van der Waals surface area contributed by atoms with Gasteiger partial charge in [-0.2, -0.15) is 0 Å². The van der Waals surface area contributed by atoms with Gasteiger partial charge in [0.05, 0.1) is 25.6 Å². The highest BCUT2D eigenvalue weighted by Crippen LogP contribution is 2.28. The van der Waals surface area contributed by atoms with Crippen LogP contribution in [-0.2, 0) is 22.6 Å². The van der Waals surface area contributed by atoms with Crippen LogP contribution in [0.15, 0.2) is 100 Å². The first kappa shape index (κ1) is 24.5. The second kappa shape index (κ2) is 11.7. The summed E-state index contributed by atoms with van der Waals surface area (Å²) in [5.41, 5.74) is 2.25. The predicted octanol–water partition coefficient (Wildman–Crippen LogP) is 4.26.